The van der Waals surface area contributed by atoms with E-state index in [9.17, 15) is 4.79 Å². The SMILES string of the molecule is CC(C)C[C@H](NC(=O)c1ccc(CSc2ccccc2)cc1)c1ccccc1. The lowest BCUT2D eigenvalue weighted by molar-refractivity contribution is 0.0932. The molecule has 0 heterocycles. The molecule has 0 spiro atoms. The Hall–Kier alpha value is -2.52. The number of carbonyl (C=O) groups is 1. The topological polar surface area (TPSA) is 29.1 Å². The summed E-state index contributed by atoms with van der Waals surface area (Å²) in [5.41, 5.74) is 3.07. The van der Waals surface area contributed by atoms with E-state index in [0.717, 1.165) is 17.7 Å². The number of nitrogens with one attached hydrogen (secondary N) is 1. The second kappa shape index (κ2) is 10.1. The maximum Gasteiger partial charge on any atom is 0.251 e. The fraction of sp³-hybridized carbons (Fsp3) is 0.240. The summed E-state index contributed by atoms with van der Waals surface area (Å²) in [6, 6.07) is 28.5. The van der Waals surface area contributed by atoms with Crippen LogP contribution in [0.4, 0.5) is 0 Å². The van der Waals surface area contributed by atoms with Crippen LogP contribution in [0, 0.1) is 5.92 Å². The lowest BCUT2D eigenvalue weighted by atomic mass is 9.96. The van der Waals surface area contributed by atoms with Gasteiger partial charge in [0, 0.05) is 16.2 Å². The Labute approximate surface area is 172 Å². The molecular formula is C25H27NOS. The van der Waals surface area contributed by atoms with Gasteiger partial charge in [-0.1, -0.05) is 74.5 Å². The Bertz CT molecular complexity index is 860. The third kappa shape index (κ3) is 6.00. The van der Waals surface area contributed by atoms with Crippen molar-refractivity contribution in [2.24, 2.45) is 5.92 Å². The third-order valence-corrected chi connectivity index (χ3v) is 5.66. The molecule has 1 amide bonds. The van der Waals surface area contributed by atoms with E-state index in [1.807, 2.05) is 48.5 Å². The number of carbonyl (C=O) groups excluding carboxylic acids is 1. The lowest BCUT2D eigenvalue weighted by Crippen LogP contribution is -2.29. The summed E-state index contributed by atoms with van der Waals surface area (Å²) in [6.45, 7) is 4.36. The Balaban J connectivity index is 1.62. The highest BCUT2D eigenvalue weighted by atomic mass is 32.2. The molecule has 3 aromatic rings. The first-order chi connectivity index (χ1) is 13.6. The Morgan fingerprint density at radius 1 is 0.857 bits per heavy atom. The van der Waals surface area contributed by atoms with Gasteiger partial charge in [-0.15, -0.1) is 11.8 Å². The second-order valence-electron chi connectivity index (χ2n) is 7.36. The molecule has 28 heavy (non-hydrogen) atoms. The van der Waals surface area contributed by atoms with Gasteiger partial charge in [0.15, 0.2) is 0 Å². The highest BCUT2D eigenvalue weighted by molar-refractivity contribution is 7.98. The normalized spacial score (nSPS) is 12.0. The average Bonchev–Trinajstić information content (AvgIpc) is 2.73. The summed E-state index contributed by atoms with van der Waals surface area (Å²) < 4.78 is 0. The average molecular weight is 390 g/mol. The van der Waals surface area contributed by atoms with E-state index in [1.165, 1.54) is 10.5 Å². The highest BCUT2D eigenvalue weighted by Crippen LogP contribution is 2.24. The summed E-state index contributed by atoms with van der Waals surface area (Å²) in [5.74, 6) is 1.38. The Morgan fingerprint density at radius 3 is 2.07 bits per heavy atom. The number of amides is 1. The van der Waals surface area contributed by atoms with Crippen molar-refractivity contribution in [2.45, 2.75) is 37.0 Å². The molecule has 0 saturated heterocycles. The molecular weight excluding hydrogens is 362 g/mol. The smallest absolute Gasteiger partial charge is 0.251 e. The number of hydrogen-bond acceptors (Lipinski definition) is 2. The molecule has 0 radical (unpaired) electrons. The van der Waals surface area contributed by atoms with Crippen molar-refractivity contribution in [3.8, 4) is 0 Å². The minimum Gasteiger partial charge on any atom is -0.345 e. The van der Waals surface area contributed by atoms with Gasteiger partial charge in [0.2, 0.25) is 0 Å². The third-order valence-electron chi connectivity index (χ3n) is 4.58. The largest absolute Gasteiger partial charge is 0.345 e. The first-order valence-corrected chi connectivity index (χ1v) is 10.7. The van der Waals surface area contributed by atoms with E-state index in [1.54, 1.807) is 11.8 Å². The van der Waals surface area contributed by atoms with Crippen LogP contribution < -0.4 is 5.32 Å². The summed E-state index contributed by atoms with van der Waals surface area (Å²) >= 11 is 1.80. The molecule has 2 nitrogen and oxygen atoms in total. The molecule has 0 bridgehead atoms. The number of rotatable bonds is 8. The molecule has 0 saturated carbocycles. The van der Waals surface area contributed by atoms with E-state index in [2.05, 4.69) is 55.6 Å². The summed E-state index contributed by atoms with van der Waals surface area (Å²) in [5, 5.41) is 3.21. The quantitative estimate of drug-likeness (QED) is 0.446. The molecule has 3 heteroatoms. The van der Waals surface area contributed by atoms with Gasteiger partial charge in [-0.05, 0) is 47.7 Å². The fourth-order valence-electron chi connectivity index (χ4n) is 3.11. The maximum absolute atomic E-state index is 12.8. The van der Waals surface area contributed by atoms with Crippen molar-refractivity contribution >= 4 is 17.7 Å². The summed E-state index contributed by atoms with van der Waals surface area (Å²) in [7, 11) is 0. The molecule has 3 aromatic carbocycles. The molecule has 1 atom stereocenters. The minimum atomic E-state index is -0.0169. The molecule has 0 aliphatic carbocycles. The molecule has 3 rings (SSSR count). The lowest BCUT2D eigenvalue weighted by Gasteiger charge is -2.21. The Kier molecular flexibility index (Phi) is 7.32. The van der Waals surface area contributed by atoms with Gasteiger partial charge in [-0.3, -0.25) is 4.79 Å². The first kappa shape index (κ1) is 20.2. The van der Waals surface area contributed by atoms with Crippen molar-refractivity contribution in [1.29, 1.82) is 0 Å². The van der Waals surface area contributed by atoms with Crippen molar-refractivity contribution in [2.75, 3.05) is 0 Å². The van der Waals surface area contributed by atoms with Gasteiger partial charge in [-0.2, -0.15) is 0 Å². The van der Waals surface area contributed by atoms with Crippen molar-refractivity contribution in [1.82, 2.24) is 5.32 Å². The number of hydrogen-bond donors (Lipinski definition) is 1. The zero-order chi connectivity index (χ0) is 19.8. The zero-order valence-electron chi connectivity index (χ0n) is 16.5. The van der Waals surface area contributed by atoms with Crippen molar-refractivity contribution < 1.29 is 4.79 Å². The standard InChI is InChI=1S/C25H27NOS/c1-19(2)17-24(21-9-5-3-6-10-21)26-25(27)22-15-13-20(14-16-22)18-28-23-11-7-4-8-12-23/h3-16,19,24H,17-18H2,1-2H3,(H,26,27)/t24-/m0/s1. The molecule has 0 aliphatic rings. The highest BCUT2D eigenvalue weighted by Gasteiger charge is 2.17. The molecule has 1 N–H and O–H groups in total. The van der Waals surface area contributed by atoms with Crippen LogP contribution in [0.5, 0.6) is 0 Å². The van der Waals surface area contributed by atoms with Gasteiger partial charge >= 0.3 is 0 Å². The van der Waals surface area contributed by atoms with Crippen LogP contribution in [0.3, 0.4) is 0 Å². The molecule has 0 aromatic heterocycles. The number of thioether (sulfide) groups is 1. The van der Waals surface area contributed by atoms with E-state index in [-0.39, 0.29) is 11.9 Å². The van der Waals surface area contributed by atoms with Gasteiger partial charge in [-0.25, -0.2) is 0 Å². The summed E-state index contributed by atoms with van der Waals surface area (Å²) in [6.07, 6.45) is 0.918. The van der Waals surface area contributed by atoms with Gasteiger partial charge in [0.1, 0.15) is 0 Å². The predicted octanol–water partition coefficient (Wildman–Crippen LogP) is 6.50. The van der Waals surface area contributed by atoms with Crippen molar-refractivity contribution in [3.63, 3.8) is 0 Å². The van der Waals surface area contributed by atoms with E-state index < -0.39 is 0 Å². The molecule has 0 fully saturated rings. The second-order valence-corrected chi connectivity index (χ2v) is 8.41. The van der Waals surface area contributed by atoms with E-state index >= 15 is 0 Å². The predicted molar refractivity (Wildman–Crippen MR) is 119 cm³/mol. The zero-order valence-corrected chi connectivity index (χ0v) is 17.3. The first-order valence-electron chi connectivity index (χ1n) is 9.74. The minimum absolute atomic E-state index is 0.0169. The van der Waals surface area contributed by atoms with Gasteiger partial charge < -0.3 is 5.32 Å². The Morgan fingerprint density at radius 2 is 1.46 bits per heavy atom. The maximum atomic E-state index is 12.8. The van der Waals surface area contributed by atoms with Crippen LogP contribution in [-0.2, 0) is 5.75 Å². The van der Waals surface area contributed by atoms with Gasteiger partial charge in [0.05, 0.1) is 6.04 Å². The van der Waals surface area contributed by atoms with Crippen LogP contribution in [0.2, 0.25) is 0 Å². The van der Waals surface area contributed by atoms with Crippen LogP contribution in [0.15, 0.2) is 89.8 Å². The fourth-order valence-corrected chi connectivity index (χ4v) is 3.99. The van der Waals surface area contributed by atoms with Crippen LogP contribution >= 0.6 is 11.8 Å². The van der Waals surface area contributed by atoms with Crippen LogP contribution in [0.1, 0.15) is 47.8 Å². The monoisotopic (exact) mass is 389 g/mol. The molecule has 144 valence electrons. The van der Waals surface area contributed by atoms with Crippen molar-refractivity contribution in [3.05, 3.63) is 102 Å². The number of benzene rings is 3. The van der Waals surface area contributed by atoms with Gasteiger partial charge in [0.25, 0.3) is 5.91 Å². The molecule has 0 aliphatic heterocycles. The summed E-state index contributed by atoms with van der Waals surface area (Å²) in [4.78, 5) is 14.0. The van der Waals surface area contributed by atoms with Crippen LogP contribution in [0.25, 0.3) is 0 Å². The van der Waals surface area contributed by atoms with E-state index in [4.69, 9.17) is 0 Å². The van der Waals surface area contributed by atoms with Crippen LogP contribution in [-0.4, -0.2) is 5.91 Å². The molecule has 0 unspecified atom stereocenters. The van der Waals surface area contributed by atoms with E-state index in [0.29, 0.717) is 11.5 Å².